The van der Waals surface area contributed by atoms with Crippen molar-refractivity contribution >= 4 is 5.96 Å². The molecule has 2 N–H and O–H groups in total. The van der Waals surface area contributed by atoms with Crippen molar-refractivity contribution in [3.05, 3.63) is 0 Å². The van der Waals surface area contributed by atoms with E-state index in [0.29, 0.717) is 12.1 Å². The molecule has 2 fully saturated rings. The molecule has 2 aliphatic rings. The molecule has 1 heterocycles. The van der Waals surface area contributed by atoms with Gasteiger partial charge in [0.05, 0.1) is 13.2 Å². The zero-order chi connectivity index (χ0) is 16.5. The van der Waals surface area contributed by atoms with Crippen LogP contribution in [0.3, 0.4) is 0 Å². The molecule has 6 heteroatoms. The van der Waals surface area contributed by atoms with Crippen molar-refractivity contribution in [2.45, 2.75) is 45.2 Å². The van der Waals surface area contributed by atoms with E-state index in [1.165, 1.54) is 12.8 Å². The van der Waals surface area contributed by atoms with Crippen LogP contribution in [-0.4, -0.2) is 87.4 Å². The van der Waals surface area contributed by atoms with Gasteiger partial charge < -0.3 is 20.3 Å². The van der Waals surface area contributed by atoms with Crippen molar-refractivity contribution in [2.24, 2.45) is 4.99 Å². The highest BCUT2D eigenvalue weighted by Gasteiger charge is 2.22. The predicted molar refractivity (Wildman–Crippen MR) is 96.1 cm³/mol. The molecule has 0 atom stereocenters. The maximum absolute atomic E-state index is 5.38. The lowest BCUT2D eigenvalue weighted by Gasteiger charge is -2.26. The molecule has 0 aromatic rings. The van der Waals surface area contributed by atoms with E-state index in [9.17, 15) is 0 Å². The SMILES string of the molecule is CC(C)N(C)CCNC(=NCCCN1CCOCC1)NC1CC1. The summed E-state index contributed by atoms with van der Waals surface area (Å²) in [4.78, 5) is 9.57. The lowest BCUT2D eigenvalue weighted by molar-refractivity contribution is 0.0377. The number of nitrogens with zero attached hydrogens (tertiary/aromatic N) is 3. The Kier molecular flexibility index (Phi) is 8.12. The highest BCUT2D eigenvalue weighted by atomic mass is 16.5. The highest BCUT2D eigenvalue weighted by molar-refractivity contribution is 5.80. The Morgan fingerprint density at radius 1 is 1.30 bits per heavy atom. The molecule has 0 unspecified atom stereocenters. The largest absolute Gasteiger partial charge is 0.379 e. The van der Waals surface area contributed by atoms with Crippen molar-refractivity contribution in [3.63, 3.8) is 0 Å². The first-order valence-electron chi connectivity index (χ1n) is 9.20. The normalized spacial score (nSPS) is 20.3. The first kappa shape index (κ1) is 18.5. The molecule has 0 aromatic heterocycles. The van der Waals surface area contributed by atoms with E-state index in [0.717, 1.165) is 64.9 Å². The number of rotatable bonds is 9. The van der Waals surface area contributed by atoms with Crippen molar-refractivity contribution < 1.29 is 4.74 Å². The molecule has 6 nitrogen and oxygen atoms in total. The van der Waals surface area contributed by atoms with E-state index in [2.05, 4.69) is 41.3 Å². The first-order valence-corrected chi connectivity index (χ1v) is 9.20. The molecule has 1 saturated carbocycles. The molecule has 0 spiro atoms. The summed E-state index contributed by atoms with van der Waals surface area (Å²) in [6, 6.07) is 1.23. The second kappa shape index (κ2) is 10.1. The van der Waals surface area contributed by atoms with Crippen LogP contribution in [0.25, 0.3) is 0 Å². The van der Waals surface area contributed by atoms with E-state index in [4.69, 9.17) is 9.73 Å². The highest BCUT2D eigenvalue weighted by Crippen LogP contribution is 2.18. The van der Waals surface area contributed by atoms with Gasteiger partial charge in [-0.25, -0.2) is 0 Å². The molecular weight excluding hydrogens is 290 g/mol. The summed E-state index contributed by atoms with van der Waals surface area (Å²) in [5, 5.41) is 7.00. The summed E-state index contributed by atoms with van der Waals surface area (Å²) in [6.45, 7) is 12.3. The Balaban J connectivity index is 1.64. The fourth-order valence-corrected chi connectivity index (χ4v) is 2.49. The van der Waals surface area contributed by atoms with E-state index >= 15 is 0 Å². The standard InChI is InChI=1S/C17H35N5O/c1-15(2)21(3)10-8-19-17(20-16-5-6-16)18-7-4-9-22-11-13-23-14-12-22/h15-16H,4-14H2,1-3H3,(H2,18,19,20). The quantitative estimate of drug-likeness (QED) is 0.372. The molecule has 0 amide bonds. The van der Waals surface area contributed by atoms with E-state index < -0.39 is 0 Å². The molecule has 1 saturated heterocycles. The summed E-state index contributed by atoms with van der Waals surface area (Å²) >= 11 is 0. The predicted octanol–water partition coefficient (Wildman–Crippen LogP) is 0.747. The van der Waals surface area contributed by atoms with Gasteiger partial charge in [0, 0.05) is 51.4 Å². The van der Waals surface area contributed by atoms with Gasteiger partial charge in [-0.1, -0.05) is 0 Å². The van der Waals surface area contributed by atoms with Gasteiger partial charge in [0.2, 0.25) is 0 Å². The van der Waals surface area contributed by atoms with Crippen LogP contribution in [0.2, 0.25) is 0 Å². The van der Waals surface area contributed by atoms with Crippen LogP contribution in [0.5, 0.6) is 0 Å². The Morgan fingerprint density at radius 3 is 2.70 bits per heavy atom. The molecule has 0 aromatic carbocycles. The Labute approximate surface area is 141 Å². The average molecular weight is 326 g/mol. The number of aliphatic imine (C=N–C) groups is 1. The molecule has 23 heavy (non-hydrogen) atoms. The van der Waals surface area contributed by atoms with Gasteiger partial charge in [-0.3, -0.25) is 9.89 Å². The number of hydrogen-bond donors (Lipinski definition) is 2. The lowest BCUT2D eigenvalue weighted by atomic mass is 10.3. The van der Waals surface area contributed by atoms with Crippen LogP contribution in [0, 0.1) is 0 Å². The maximum atomic E-state index is 5.38. The van der Waals surface area contributed by atoms with Gasteiger partial charge in [0.25, 0.3) is 0 Å². The van der Waals surface area contributed by atoms with Crippen LogP contribution in [0.15, 0.2) is 4.99 Å². The van der Waals surface area contributed by atoms with Gasteiger partial charge >= 0.3 is 0 Å². The van der Waals surface area contributed by atoms with E-state index in [-0.39, 0.29) is 0 Å². The van der Waals surface area contributed by atoms with Crippen molar-refractivity contribution in [1.29, 1.82) is 0 Å². The molecule has 1 aliphatic heterocycles. The third kappa shape index (κ3) is 7.99. The van der Waals surface area contributed by atoms with Crippen molar-refractivity contribution in [3.8, 4) is 0 Å². The van der Waals surface area contributed by atoms with Crippen LogP contribution < -0.4 is 10.6 Å². The Hall–Kier alpha value is -0.850. The summed E-state index contributed by atoms with van der Waals surface area (Å²) in [5.41, 5.74) is 0. The van der Waals surface area contributed by atoms with Crippen molar-refractivity contribution in [2.75, 3.05) is 59.5 Å². The third-order valence-corrected chi connectivity index (χ3v) is 4.56. The summed E-state index contributed by atoms with van der Waals surface area (Å²) in [6.07, 6.45) is 3.67. The number of ether oxygens (including phenoxy) is 1. The minimum Gasteiger partial charge on any atom is -0.379 e. The van der Waals surface area contributed by atoms with Gasteiger partial charge in [-0.05, 0) is 40.2 Å². The molecule has 1 aliphatic carbocycles. The van der Waals surface area contributed by atoms with Gasteiger partial charge in [0.15, 0.2) is 5.96 Å². The smallest absolute Gasteiger partial charge is 0.191 e. The van der Waals surface area contributed by atoms with Crippen LogP contribution >= 0.6 is 0 Å². The fourth-order valence-electron chi connectivity index (χ4n) is 2.49. The number of guanidine groups is 1. The summed E-state index contributed by atoms with van der Waals surface area (Å²) in [5.74, 6) is 0.992. The maximum Gasteiger partial charge on any atom is 0.191 e. The van der Waals surface area contributed by atoms with Crippen LogP contribution in [0.1, 0.15) is 33.1 Å². The Morgan fingerprint density at radius 2 is 2.04 bits per heavy atom. The Bertz CT molecular complexity index is 351. The first-order chi connectivity index (χ1) is 11.1. The summed E-state index contributed by atoms with van der Waals surface area (Å²) in [7, 11) is 2.17. The zero-order valence-corrected chi connectivity index (χ0v) is 15.2. The van der Waals surface area contributed by atoms with Gasteiger partial charge in [-0.2, -0.15) is 0 Å². The van der Waals surface area contributed by atoms with E-state index in [1.54, 1.807) is 0 Å². The average Bonchev–Trinajstić information content (AvgIpc) is 3.36. The summed E-state index contributed by atoms with van der Waals surface area (Å²) < 4.78 is 5.38. The number of hydrogen-bond acceptors (Lipinski definition) is 4. The molecule has 2 rings (SSSR count). The number of likely N-dealkylation sites (N-methyl/N-ethyl adjacent to an activating group) is 1. The minimum atomic E-state index is 0.585. The molecule has 134 valence electrons. The fraction of sp³-hybridized carbons (Fsp3) is 0.941. The van der Waals surface area contributed by atoms with Gasteiger partial charge in [0.1, 0.15) is 0 Å². The van der Waals surface area contributed by atoms with Crippen molar-refractivity contribution in [1.82, 2.24) is 20.4 Å². The number of morpholine rings is 1. The molecule has 0 bridgehead atoms. The van der Waals surface area contributed by atoms with Crippen LogP contribution in [-0.2, 0) is 4.74 Å². The second-order valence-electron chi connectivity index (χ2n) is 6.96. The molecule has 0 radical (unpaired) electrons. The topological polar surface area (TPSA) is 52.1 Å². The van der Waals surface area contributed by atoms with Crippen LogP contribution in [0.4, 0.5) is 0 Å². The lowest BCUT2D eigenvalue weighted by Crippen LogP contribution is -2.43. The molecular formula is C17H35N5O. The number of nitrogens with one attached hydrogen (secondary N) is 2. The second-order valence-corrected chi connectivity index (χ2v) is 6.96. The zero-order valence-electron chi connectivity index (χ0n) is 15.2. The minimum absolute atomic E-state index is 0.585. The van der Waals surface area contributed by atoms with E-state index in [1.807, 2.05) is 0 Å². The van der Waals surface area contributed by atoms with Gasteiger partial charge in [-0.15, -0.1) is 0 Å². The third-order valence-electron chi connectivity index (χ3n) is 4.56. The monoisotopic (exact) mass is 325 g/mol.